The normalized spacial score (nSPS) is 28.2. The van der Waals surface area contributed by atoms with Crippen LogP contribution in [-0.2, 0) is 6.54 Å². The molecule has 84 valence electrons. The Balaban J connectivity index is 2.02. The van der Waals surface area contributed by atoms with Crippen LogP contribution in [0.15, 0.2) is 6.20 Å². The van der Waals surface area contributed by atoms with Crippen LogP contribution in [0, 0.1) is 6.92 Å². The van der Waals surface area contributed by atoms with Crippen LogP contribution in [0.1, 0.15) is 25.1 Å². The van der Waals surface area contributed by atoms with Gasteiger partial charge >= 0.3 is 0 Å². The van der Waals surface area contributed by atoms with Crippen molar-refractivity contribution in [3.8, 4) is 0 Å². The van der Waals surface area contributed by atoms with Gasteiger partial charge in [-0.2, -0.15) is 5.10 Å². The van der Waals surface area contributed by atoms with E-state index in [1.165, 1.54) is 11.3 Å². The number of nitrogens with one attached hydrogen (secondary N) is 2. The summed E-state index contributed by atoms with van der Waals surface area (Å²) in [6.45, 7) is 9.83. The van der Waals surface area contributed by atoms with E-state index in [-0.39, 0.29) is 0 Å². The van der Waals surface area contributed by atoms with Crippen molar-refractivity contribution >= 4 is 0 Å². The molecule has 2 N–H and O–H groups in total. The summed E-state index contributed by atoms with van der Waals surface area (Å²) in [5.74, 6) is 0. The van der Waals surface area contributed by atoms with Gasteiger partial charge in [-0.1, -0.05) is 0 Å². The first-order valence-corrected chi connectivity index (χ1v) is 5.64. The van der Waals surface area contributed by atoms with Gasteiger partial charge in [-0.3, -0.25) is 10.00 Å². The second-order valence-corrected chi connectivity index (χ2v) is 4.47. The molecule has 2 unspecified atom stereocenters. The zero-order valence-corrected chi connectivity index (χ0v) is 9.75. The van der Waals surface area contributed by atoms with E-state index < -0.39 is 0 Å². The highest BCUT2D eigenvalue weighted by atomic mass is 15.2. The molecule has 0 spiro atoms. The highest BCUT2D eigenvalue weighted by molar-refractivity contribution is 5.14. The predicted molar refractivity (Wildman–Crippen MR) is 60.7 cm³/mol. The summed E-state index contributed by atoms with van der Waals surface area (Å²) in [5.41, 5.74) is 2.50. The van der Waals surface area contributed by atoms with Crippen LogP contribution in [0.25, 0.3) is 0 Å². The van der Waals surface area contributed by atoms with E-state index >= 15 is 0 Å². The molecule has 15 heavy (non-hydrogen) atoms. The lowest BCUT2D eigenvalue weighted by atomic mass is 10.1. The van der Waals surface area contributed by atoms with Gasteiger partial charge in [-0.25, -0.2) is 0 Å². The Bertz CT molecular complexity index is 320. The van der Waals surface area contributed by atoms with E-state index in [0.717, 1.165) is 19.6 Å². The lowest BCUT2D eigenvalue weighted by Crippen LogP contribution is -2.54. The van der Waals surface area contributed by atoms with E-state index in [0.29, 0.717) is 12.1 Å². The molecular formula is C11H20N4. The second kappa shape index (κ2) is 4.33. The van der Waals surface area contributed by atoms with E-state index in [9.17, 15) is 0 Å². The molecule has 2 atom stereocenters. The molecule has 1 aromatic heterocycles. The van der Waals surface area contributed by atoms with Crippen LogP contribution >= 0.6 is 0 Å². The van der Waals surface area contributed by atoms with Gasteiger partial charge in [0.15, 0.2) is 0 Å². The minimum absolute atomic E-state index is 0.575. The van der Waals surface area contributed by atoms with Gasteiger partial charge in [0.25, 0.3) is 0 Å². The van der Waals surface area contributed by atoms with Crippen LogP contribution in [0.5, 0.6) is 0 Å². The lowest BCUT2D eigenvalue weighted by molar-refractivity contribution is 0.130. The quantitative estimate of drug-likeness (QED) is 0.759. The highest BCUT2D eigenvalue weighted by Crippen LogP contribution is 2.14. The van der Waals surface area contributed by atoms with Crippen molar-refractivity contribution in [2.75, 3.05) is 13.1 Å². The van der Waals surface area contributed by atoms with Crippen molar-refractivity contribution in [2.24, 2.45) is 0 Å². The summed E-state index contributed by atoms with van der Waals surface area (Å²) in [4.78, 5) is 2.51. The van der Waals surface area contributed by atoms with Crippen LogP contribution < -0.4 is 5.32 Å². The molecule has 0 aromatic carbocycles. The van der Waals surface area contributed by atoms with E-state index in [4.69, 9.17) is 0 Å². The first kappa shape index (κ1) is 10.6. The van der Waals surface area contributed by atoms with Gasteiger partial charge in [0, 0.05) is 43.0 Å². The molecule has 0 amide bonds. The maximum Gasteiger partial charge on any atom is 0.0535 e. The molecule has 0 bridgehead atoms. The lowest BCUT2D eigenvalue weighted by Gasteiger charge is -2.38. The zero-order chi connectivity index (χ0) is 10.8. The van der Waals surface area contributed by atoms with E-state index in [1.54, 1.807) is 0 Å². The molecule has 1 aromatic rings. The fourth-order valence-corrected chi connectivity index (χ4v) is 2.10. The van der Waals surface area contributed by atoms with Crippen LogP contribution in [0.2, 0.25) is 0 Å². The monoisotopic (exact) mass is 208 g/mol. The fourth-order valence-electron chi connectivity index (χ4n) is 2.10. The molecule has 0 aliphatic carbocycles. The molecule has 0 radical (unpaired) electrons. The summed E-state index contributed by atoms with van der Waals surface area (Å²) in [7, 11) is 0. The average Bonchev–Trinajstić information content (AvgIpc) is 2.60. The maximum absolute atomic E-state index is 4.06. The molecule has 2 rings (SSSR count). The van der Waals surface area contributed by atoms with Gasteiger partial charge < -0.3 is 5.32 Å². The number of rotatable bonds is 2. The number of piperazine rings is 1. The minimum atomic E-state index is 0.575. The molecule has 0 saturated carbocycles. The Morgan fingerprint density at radius 2 is 2.33 bits per heavy atom. The Labute approximate surface area is 91.1 Å². The van der Waals surface area contributed by atoms with Gasteiger partial charge in [0.05, 0.1) is 6.20 Å². The second-order valence-electron chi connectivity index (χ2n) is 4.47. The van der Waals surface area contributed by atoms with Gasteiger partial charge in [-0.15, -0.1) is 0 Å². The molecule has 1 aliphatic rings. The molecule has 4 heteroatoms. The Kier molecular flexibility index (Phi) is 3.07. The van der Waals surface area contributed by atoms with Crippen LogP contribution in [0.4, 0.5) is 0 Å². The number of aryl methyl sites for hydroxylation is 1. The first-order chi connectivity index (χ1) is 7.18. The topological polar surface area (TPSA) is 44.0 Å². The van der Waals surface area contributed by atoms with Crippen molar-refractivity contribution in [2.45, 2.75) is 39.4 Å². The predicted octanol–water partition coefficient (Wildman–Crippen LogP) is 0.900. The number of hydrogen-bond donors (Lipinski definition) is 2. The molecule has 1 saturated heterocycles. The first-order valence-electron chi connectivity index (χ1n) is 5.64. The maximum atomic E-state index is 4.06. The number of H-pyrrole nitrogens is 1. The van der Waals surface area contributed by atoms with Gasteiger partial charge in [-0.05, 0) is 20.8 Å². The van der Waals surface area contributed by atoms with Crippen LogP contribution in [0.3, 0.4) is 0 Å². The Morgan fingerprint density at radius 3 is 3.00 bits per heavy atom. The highest BCUT2D eigenvalue weighted by Gasteiger charge is 2.24. The Morgan fingerprint density at radius 1 is 1.53 bits per heavy atom. The SMILES string of the molecule is Cc1[nH]ncc1CN1CCNC(C)C1C. The van der Waals surface area contributed by atoms with Crippen LogP contribution in [-0.4, -0.2) is 40.3 Å². The number of aromatic nitrogens is 2. The third-order valence-corrected chi connectivity index (χ3v) is 3.47. The van der Waals surface area contributed by atoms with E-state index in [1.807, 2.05) is 6.20 Å². The third kappa shape index (κ3) is 2.21. The summed E-state index contributed by atoms with van der Waals surface area (Å²) in [6, 6.07) is 1.17. The number of hydrogen-bond acceptors (Lipinski definition) is 3. The van der Waals surface area contributed by atoms with Crippen molar-refractivity contribution in [1.82, 2.24) is 20.4 Å². The summed E-state index contributed by atoms with van der Waals surface area (Å²) in [5, 5.41) is 10.5. The average molecular weight is 208 g/mol. The molecule has 4 nitrogen and oxygen atoms in total. The number of aromatic amines is 1. The standard InChI is InChI=1S/C11H20N4/c1-8-10(3)15(5-4-12-8)7-11-6-13-14-9(11)2/h6,8,10,12H,4-5,7H2,1-3H3,(H,13,14). The van der Waals surface area contributed by atoms with Gasteiger partial charge in [0.1, 0.15) is 0 Å². The summed E-state index contributed by atoms with van der Waals surface area (Å²) in [6.07, 6.45) is 1.94. The fraction of sp³-hybridized carbons (Fsp3) is 0.727. The Hall–Kier alpha value is -0.870. The molecular weight excluding hydrogens is 188 g/mol. The van der Waals surface area contributed by atoms with E-state index in [2.05, 4.69) is 41.2 Å². The summed E-state index contributed by atoms with van der Waals surface area (Å²) >= 11 is 0. The van der Waals surface area contributed by atoms with Crippen molar-refractivity contribution in [3.63, 3.8) is 0 Å². The molecule has 1 fully saturated rings. The number of nitrogens with zero attached hydrogens (tertiary/aromatic N) is 2. The van der Waals surface area contributed by atoms with Crippen molar-refractivity contribution in [3.05, 3.63) is 17.5 Å². The van der Waals surface area contributed by atoms with Gasteiger partial charge in [0.2, 0.25) is 0 Å². The van der Waals surface area contributed by atoms with Crippen molar-refractivity contribution < 1.29 is 0 Å². The largest absolute Gasteiger partial charge is 0.311 e. The third-order valence-electron chi connectivity index (χ3n) is 3.47. The smallest absolute Gasteiger partial charge is 0.0535 e. The van der Waals surface area contributed by atoms with Crippen molar-refractivity contribution in [1.29, 1.82) is 0 Å². The zero-order valence-electron chi connectivity index (χ0n) is 9.75. The summed E-state index contributed by atoms with van der Waals surface area (Å²) < 4.78 is 0. The molecule has 1 aliphatic heterocycles. The molecule has 2 heterocycles. The minimum Gasteiger partial charge on any atom is -0.311 e.